The van der Waals surface area contributed by atoms with Gasteiger partial charge in [-0.15, -0.1) is 10.2 Å². The van der Waals surface area contributed by atoms with Crippen LogP contribution in [0.4, 0.5) is 5.69 Å². The maximum atomic E-state index is 12.1. The zero-order valence-electron chi connectivity index (χ0n) is 13.0. The van der Waals surface area contributed by atoms with Crippen molar-refractivity contribution in [3.8, 4) is 11.3 Å². The highest BCUT2D eigenvalue weighted by Crippen LogP contribution is 2.20. The Labute approximate surface area is 138 Å². The molecule has 4 N–H and O–H groups in total. The Morgan fingerprint density at radius 1 is 1.35 bits per heavy atom. The minimum Gasteiger partial charge on any atom is -0.398 e. The van der Waals surface area contributed by atoms with Crippen molar-refractivity contribution in [1.82, 2.24) is 20.5 Å². The first-order chi connectivity index (χ1) is 11.0. The van der Waals surface area contributed by atoms with Crippen LogP contribution < -0.4 is 16.6 Å². The number of rotatable bonds is 6. The number of nitrogen functional groups attached to an aromatic ring is 1. The van der Waals surface area contributed by atoms with Gasteiger partial charge in [0, 0.05) is 17.8 Å². The van der Waals surface area contributed by atoms with E-state index in [1.807, 2.05) is 13.8 Å². The van der Waals surface area contributed by atoms with E-state index in [9.17, 15) is 9.59 Å². The van der Waals surface area contributed by atoms with Crippen LogP contribution in [0, 0.1) is 5.92 Å². The molecule has 0 bridgehead atoms. The number of amides is 1. The zero-order valence-corrected chi connectivity index (χ0v) is 13.8. The number of thioether (sulfide) groups is 1. The Kier molecular flexibility index (Phi) is 5.75. The molecule has 0 atom stereocenters. The Balaban J connectivity index is 2.04. The largest absolute Gasteiger partial charge is 0.398 e. The van der Waals surface area contributed by atoms with Crippen molar-refractivity contribution < 1.29 is 4.79 Å². The Morgan fingerprint density at radius 2 is 2.09 bits per heavy atom. The van der Waals surface area contributed by atoms with Crippen LogP contribution in [0.3, 0.4) is 0 Å². The van der Waals surface area contributed by atoms with Crippen molar-refractivity contribution in [2.75, 3.05) is 18.0 Å². The monoisotopic (exact) mass is 333 g/mol. The average molecular weight is 333 g/mol. The maximum Gasteiger partial charge on any atom is 0.278 e. The fourth-order valence-corrected chi connectivity index (χ4v) is 2.41. The third kappa shape index (κ3) is 4.82. The molecule has 1 heterocycles. The van der Waals surface area contributed by atoms with Gasteiger partial charge < -0.3 is 11.1 Å². The second-order valence-corrected chi connectivity index (χ2v) is 6.35. The number of nitrogens with one attached hydrogen (secondary N) is 2. The maximum absolute atomic E-state index is 12.1. The lowest BCUT2D eigenvalue weighted by molar-refractivity contribution is -0.118. The minimum atomic E-state index is -0.386. The van der Waals surface area contributed by atoms with Gasteiger partial charge >= 0.3 is 0 Å². The van der Waals surface area contributed by atoms with Crippen LogP contribution in [0.5, 0.6) is 0 Å². The summed E-state index contributed by atoms with van der Waals surface area (Å²) in [6.07, 6.45) is 0. The van der Waals surface area contributed by atoms with Crippen molar-refractivity contribution in [2.24, 2.45) is 5.92 Å². The summed E-state index contributed by atoms with van der Waals surface area (Å²) in [5, 5.41) is 11.0. The fraction of sp³-hybridized carbons (Fsp3) is 0.333. The number of aromatic nitrogens is 3. The van der Waals surface area contributed by atoms with Gasteiger partial charge in [0.05, 0.1) is 5.75 Å². The Hall–Kier alpha value is -2.35. The molecule has 8 heteroatoms. The summed E-state index contributed by atoms with van der Waals surface area (Å²) in [6.45, 7) is 4.66. The predicted molar refractivity (Wildman–Crippen MR) is 91.1 cm³/mol. The lowest BCUT2D eigenvalue weighted by Crippen LogP contribution is -2.29. The lowest BCUT2D eigenvalue weighted by Gasteiger charge is -2.07. The number of carbonyl (C=O) groups excluding carboxylic acids is 1. The molecule has 0 aliphatic carbocycles. The number of para-hydroxylation sites is 1. The fourth-order valence-electron chi connectivity index (χ4n) is 1.78. The molecule has 23 heavy (non-hydrogen) atoms. The molecular weight excluding hydrogens is 314 g/mol. The molecule has 0 aliphatic rings. The molecule has 1 amide bonds. The first kappa shape index (κ1) is 17.0. The van der Waals surface area contributed by atoms with Gasteiger partial charge in [-0.2, -0.15) is 0 Å². The second-order valence-electron chi connectivity index (χ2n) is 5.38. The molecule has 0 unspecified atom stereocenters. The van der Waals surface area contributed by atoms with Crippen LogP contribution >= 0.6 is 11.8 Å². The third-order valence-corrected chi connectivity index (χ3v) is 3.80. The Bertz CT molecular complexity index is 745. The highest BCUT2D eigenvalue weighted by atomic mass is 32.2. The lowest BCUT2D eigenvalue weighted by atomic mass is 10.1. The van der Waals surface area contributed by atoms with Crippen molar-refractivity contribution in [2.45, 2.75) is 19.0 Å². The topological polar surface area (TPSA) is 114 Å². The molecule has 0 fully saturated rings. The normalized spacial score (nSPS) is 10.7. The van der Waals surface area contributed by atoms with Gasteiger partial charge in [-0.1, -0.05) is 43.8 Å². The molecule has 0 radical (unpaired) electrons. The van der Waals surface area contributed by atoms with E-state index in [2.05, 4.69) is 20.5 Å². The van der Waals surface area contributed by atoms with Gasteiger partial charge in [0.15, 0.2) is 10.9 Å². The number of carbonyl (C=O) groups is 1. The van der Waals surface area contributed by atoms with E-state index in [4.69, 9.17) is 5.73 Å². The van der Waals surface area contributed by atoms with E-state index >= 15 is 0 Å². The summed E-state index contributed by atoms with van der Waals surface area (Å²) in [5.74, 6) is 0.450. The van der Waals surface area contributed by atoms with E-state index in [1.54, 1.807) is 24.3 Å². The van der Waals surface area contributed by atoms with Gasteiger partial charge in [0.25, 0.3) is 5.56 Å². The second kappa shape index (κ2) is 7.77. The summed E-state index contributed by atoms with van der Waals surface area (Å²) in [6, 6.07) is 6.95. The molecule has 0 saturated heterocycles. The third-order valence-electron chi connectivity index (χ3n) is 2.94. The molecule has 0 spiro atoms. The summed E-state index contributed by atoms with van der Waals surface area (Å²) in [5.41, 5.74) is 6.61. The molecule has 0 aliphatic heterocycles. The smallest absolute Gasteiger partial charge is 0.278 e. The van der Waals surface area contributed by atoms with Crippen molar-refractivity contribution in [1.29, 1.82) is 0 Å². The van der Waals surface area contributed by atoms with Crippen LogP contribution in [0.1, 0.15) is 13.8 Å². The number of nitrogens with two attached hydrogens (primary N) is 1. The molecule has 2 aromatic rings. The molecular formula is C15H19N5O2S. The van der Waals surface area contributed by atoms with Gasteiger partial charge in [-0.05, 0) is 12.0 Å². The standard InChI is InChI=1S/C15H19N5O2S/c1-9(2)7-17-12(21)8-23-15-18-14(22)13(19-20-15)10-5-3-4-6-11(10)16/h3-6,9H,7-8,16H2,1-2H3,(H,17,21)(H,18,20,22). The summed E-state index contributed by atoms with van der Waals surface area (Å²) >= 11 is 1.13. The average Bonchev–Trinajstić information content (AvgIpc) is 2.52. The minimum absolute atomic E-state index is 0.109. The van der Waals surface area contributed by atoms with Crippen LogP contribution in [0.2, 0.25) is 0 Å². The molecule has 122 valence electrons. The van der Waals surface area contributed by atoms with Gasteiger partial charge in [-0.3, -0.25) is 14.6 Å². The number of benzene rings is 1. The summed E-state index contributed by atoms with van der Waals surface area (Å²) in [4.78, 5) is 26.4. The van der Waals surface area contributed by atoms with Gasteiger partial charge in [0.1, 0.15) is 0 Å². The van der Waals surface area contributed by atoms with Crippen molar-refractivity contribution in [3.63, 3.8) is 0 Å². The first-order valence-electron chi connectivity index (χ1n) is 7.18. The van der Waals surface area contributed by atoms with Crippen LogP contribution in [0.25, 0.3) is 11.3 Å². The molecule has 2 rings (SSSR count). The van der Waals surface area contributed by atoms with Crippen molar-refractivity contribution >= 4 is 23.4 Å². The predicted octanol–water partition coefficient (Wildman–Crippen LogP) is 1.28. The molecule has 1 aromatic carbocycles. The van der Waals surface area contributed by atoms with E-state index in [-0.39, 0.29) is 22.9 Å². The van der Waals surface area contributed by atoms with Gasteiger partial charge in [0.2, 0.25) is 5.91 Å². The number of nitrogens with zero attached hydrogens (tertiary/aromatic N) is 2. The van der Waals surface area contributed by atoms with E-state index < -0.39 is 0 Å². The van der Waals surface area contributed by atoms with E-state index in [0.29, 0.717) is 28.9 Å². The number of hydrogen-bond donors (Lipinski definition) is 3. The van der Waals surface area contributed by atoms with E-state index in [1.165, 1.54) is 0 Å². The number of anilines is 1. The first-order valence-corrected chi connectivity index (χ1v) is 8.17. The SMILES string of the molecule is CC(C)CNC(=O)CSc1nnc(-c2ccccc2N)c(=O)[nH]1. The highest BCUT2D eigenvalue weighted by Gasteiger charge is 2.11. The van der Waals surface area contributed by atoms with Crippen LogP contribution in [-0.4, -0.2) is 33.4 Å². The summed E-state index contributed by atoms with van der Waals surface area (Å²) < 4.78 is 0. The number of H-pyrrole nitrogens is 1. The van der Waals surface area contributed by atoms with Gasteiger partial charge in [-0.25, -0.2) is 0 Å². The number of hydrogen-bond acceptors (Lipinski definition) is 6. The molecule has 1 aromatic heterocycles. The van der Waals surface area contributed by atoms with E-state index in [0.717, 1.165) is 11.8 Å². The quantitative estimate of drug-likeness (QED) is 0.542. The summed E-state index contributed by atoms with van der Waals surface area (Å²) in [7, 11) is 0. The highest BCUT2D eigenvalue weighted by molar-refractivity contribution is 7.99. The molecule has 0 saturated carbocycles. The molecule has 7 nitrogen and oxygen atoms in total. The Morgan fingerprint density at radius 3 is 2.74 bits per heavy atom. The zero-order chi connectivity index (χ0) is 16.8. The van der Waals surface area contributed by atoms with Crippen LogP contribution in [-0.2, 0) is 4.79 Å². The van der Waals surface area contributed by atoms with Crippen molar-refractivity contribution in [3.05, 3.63) is 34.6 Å². The van der Waals surface area contributed by atoms with Crippen LogP contribution in [0.15, 0.2) is 34.2 Å². The number of aromatic amines is 1.